The number of hydrogen-bond donors (Lipinski definition) is 2. The number of sulfonamides is 1. The predicted molar refractivity (Wildman–Crippen MR) is 81.9 cm³/mol. The Morgan fingerprint density at radius 2 is 2.00 bits per heavy atom. The molecule has 1 aliphatic heterocycles. The number of methoxy groups -OCH3 is 1. The van der Waals surface area contributed by atoms with Crippen LogP contribution in [0.1, 0.15) is 0 Å². The summed E-state index contributed by atoms with van der Waals surface area (Å²) in [6, 6.07) is 4.86. The highest BCUT2D eigenvalue weighted by atomic mass is 79.9. The summed E-state index contributed by atoms with van der Waals surface area (Å²) in [4.78, 5) is 0.262. The second kappa shape index (κ2) is 5.81. The predicted octanol–water partition coefficient (Wildman–Crippen LogP) is 1.38. The average molecular weight is 384 g/mol. The maximum atomic E-state index is 12.3. The minimum atomic E-state index is -3.45. The molecule has 0 aromatic heterocycles. The molecular weight excluding hydrogens is 368 g/mol. The van der Waals surface area contributed by atoms with Gasteiger partial charge < -0.3 is 10.1 Å². The van der Waals surface area contributed by atoms with Crippen molar-refractivity contribution in [2.24, 2.45) is 11.8 Å². The molecule has 0 spiro atoms. The summed E-state index contributed by atoms with van der Waals surface area (Å²) < 4.78 is 33.1. The van der Waals surface area contributed by atoms with Gasteiger partial charge in [-0.15, -0.1) is 12.4 Å². The average Bonchev–Trinajstić information content (AvgIpc) is 2.82. The highest BCUT2D eigenvalue weighted by molar-refractivity contribution is 9.10. The fourth-order valence-electron chi connectivity index (χ4n) is 2.65. The van der Waals surface area contributed by atoms with Gasteiger partial charge in [0.15, 0.2) is 0 Å². The van der Waals surface area contributed by atoms with Crippen molar-refractivity contribution in [3.05, 3.63) is 22.7 Å². The molecule has 0 bridgehead atoms. The summed E-state index contributed by atoms with van der Waals surface area (Å²) in [5, 5.41) is 3.24. The van der Waals surface area contributed by atoms with Crippen molar-refractivity contribution in [2.45, 2.75) is 10.9 Å². The first-order valence-electron chi connectivity index (χ1n) is 6.09. The zero-order valence-corrected chi connectivity index (χ0v) is 14.0. The van der Waals surface area contributed by atoms with E-state index < -0.39 is 10.0 Å². The van der Waals surface area contributed by atoms with Gasteiger partial charge in [-0.2, -0.15) is 0 Å². The van der Waals surface area contributed by atoms with E-state index in [0.29, 0.717) is 22.1 Å². The lowest BCUT2D eigenvalue weighted by molar-refractivity contribution is 0.411. The van der Waals surface area contributed by atoms with E-state index in [1.807, 2.05) is 0 Å². The fraction of sp³-hybridized carbons (Fsp3) is 0.500. The summed E-state index contributed by atoms with van der Waals surface area (Å²) in [6.45, 7) is 1.81. The summed E-state index contributed by atoms with van der Waals surface area (Å²) >= 11 is 3.30. The third-order valence-corrected chi connectivity index (χ3v) is 5.89. The summed E-state index contributed by atoms with van der Waals surface area (Å²) in [7, 11) is -1.90. The SMILES string of the molecule is COc1ccc(S(=O)(=O)NC2C3CNCC32)cc1Br.Cl. The summed E-state index contributed by atoms with van der Waals surface area (Å²) in [6.07, 6.45) is 0. The van der Waals surface area contributed by atoms with Crippen LogP contribution >= 0.6 is 28.3 Å². The van der Waals surface area contributed by atoms with Gasteiger partial charge in [-0.3, -0.25) is 0 Å². The van der Waals surface area contributed by atoms with E-state index >= 15 is 0 Å². The molecule has 1 aromatic rings. The smallest absolute Gasteiger partial charge is 0.240 e. The first-order valence-corrected chi connectivity index (χ1v) is 8.37. The van der Waals surface area contributed by atoms with Crippen LogP contribution in [-0.4, -0.2) is 34.7 Å². The molecular formula is C12H16BrClN2O3S. The second-order valence-electron chi connectivity index (χ2n) is 4.93. The van der Waals surface area contributed by atoms with Crippen molar-refractivity contribution in [3.8, 4) is 5.75 Å². The van der Waals surface area contributed by atoms with Crippen LogP contribution in [0, 0.1) is 11.8 Å². The number of ether oxygens (including phenoxy) is 1. The quantitative estimate of drug-likeness (QED) is 0.824. The highest BCUT2D eigenvalue weighted by Crippen LogP contribution is 2.42. The van der Waals surface area contributed by atoms with Crippen LogP contribution in [-0.2, 0) is 10.0 Å². The van der Waals surface area contributed by atoms with Crippen molar-refractivity contribution in [1.82, 2.24) is 10.0 Å². The standard InChI is InChI=1S/C12H15BrN2O3S.ClH/c1-18-11-3-2-7(4-10(11)13)19(16,17)15-12-8-5-14-6-9(8)12;/h2-4,8-9,12,14-15H,5-6H2,1H3;1H. The topological polar surface area (TPSA) is 67.4 Å². The first-order chi connectivity index (χ1) is 9.03. The van der Waals surface area contributed by atoms with Crippen LogP contribution < -0.4 is 14.8 Å². The van der Waals surface area contributed by atoms with Crippen molar-refractivity contribution >= 4 is 38.4 Å². The molecule has 2 N–H and O–H groups in total. The number of benzene rings is 1. The zero-order valence-electron chi connectivity index (χ0n) is 10.8. The number of nitrogens with one attached hydrogen (secondary N) is 2. The molecule has 2 fully saturated rings. The monoisotopic (exact) mass is 382 g/mol. The molecule has 1 saturated heterocycles. The number of piperidine rings is 1. The molecule has 2 aliphatic rings. The van der Waals surface area contributed by atoms with Crippen LogP contribution in [0.15, 0.2) is 27.6 Å². The molecule has 3 rings (SSSR count). The lowest BCUT2D eigenvalue weighted by Crippen LogP contribution is -2.32. The van der Waals surface area contributed by atoms with Crippen molar-refractivity contribution in [1.29, 1.82) is 0 Å². The van der Waals surface area contributed by atoms with Crippen LogP contribution in [0.5, 0.6) is 5.75 Å². The van der Waals surface area contributed by atoms with E-state index in [2.05, 4.69) is 26.0 Å². The summed E-state index contributed by atoms with van der Waals surface area (Å²) in [5.74, 6) is 1.53. The molecule has 5 nitrogen and oxygen atoms in total. The van der Waals surface area contributed by atoms with E-state index in [0.717, 1.165) is 13.1 Å². The molecule has 1 saturated carbocycles. The van der Waals surface area contributed by atoms with Gasteiger partial charge in [0, 0.05) is 6.04 Å². The molecule has 1 aromatic carbocycles. The maximum Gasteiger partial charge on any atom is 0.240 e. The van der Waals surface area contributed by atoms with E-state index in [-0.39, 0.29) is 23.3 Å². The zero-order chi connectivity index (χ0) is 13.6. The lowest BCUT2D eigenvalue weighted by atomic mass is 10.3. The fourth-order valence-corrected chi connectivity index (χ4v) is 4.71. The van der Waals surface area contributed by atoms with Gasteiger partial charge in [0.05, 0.1) is 16.5 Å². The van der Waals surface area contributed by atoms with Gasteiger partial charge in [-0.05, 0) is 59.1 Å². The molecule has 0 radical (unpaired) electrons. The van der Waals surface area contributed by atoms with Gasteiger partial charge in [-0.1, -0.05) is 0 Å². The number of rotatable bonds is 4. The molecule has 2 unspecified atom stereocenters. The van der Waals surface area contributed by atoms with E-state index in [1.165, 1.54) is 0 Å². The van der Waals surface area contributed by atoms with Crippen LogP contribution in [0.3, 0.4) is 0 Å². The molecule has 20 heavy (non-hydrogen) atoms. The highest BCUT2D eigenvalue weighted by Gasteiger charge is 2.54. The molecule has 112 valence electrons. The lowest BCUT2D eigenvalue weighted by Gasteiger charge is -2.10. The van der Waals surface area contributed by atoms with E-state index in [9.17, 15) is 8.42 Å². The van der Waals surface area contributed by atoms with Gasteiger partial charge >= 0.3 is 0 Å². The normalized spacial score (nSPS) is 27.6. The Kier molecular flexibility index (Phi) is 4.66. The van der Waals surface area contributed by atoms with Crippen molar-refractivity contribution in [2.75, 3.05) is 20.2 Å². The molecule has 0 amide bonds. The van der Waals surface area contributed by atoms with Gasteiger partial charge in [0.1, 0.15) is 5.75 Å². The third-order valence-electron chi connectivity index (χ3n) is 3.82. The van der Waals surface area contributed by atoms with E-state index in [1.54, 1.807) is 25.3 Å². The van der Waals surface area contributed by atoms with Gasteiger partial charge in [-0.25, -0.2) is 13.1 Å². The van der Waals surface area contributed by atoms with E-state index in [4.69, 9.17) is 4.74 Å². The number of fused-ring (bicyclic) bond motifs is 1. The Morgan fingerprint density at radius 3 is 2.55 bits per heavy atom. The molecule has 1 aliphatic carbocycles. The third kappa shape index (κ3) is 2.82. The maximum absolute atomic E-state index is 12.3. The van der Waals surface area contributed by atoms with Crippen LogP contribution in [0.2, 0.25) is 0 Å². The van der Waals surface area contributed by atoms with Gasteiger partial charge in [0.2, 0.25) is 10.0 Å². The first kappa shape index (κ1) is 16.0. The Labute approximate surface area is 133 Å². The minimum Gasteiger partial charge on any atom is -0.496 e. The Balaban J connectivity index is 0.00000147. The Hall–Kier alpha value is -0.340. The van der Waals surface area contributed by atoms with Crippen LogP contribution in [0.4, 0.5) is 0 Å². The number of halogens is 2. The van der Waals surface area contributed by atoms with Gasteiger partial charge in [0.25, 0.3) is 0 Å². The molecule has 8 heteroatoms. The Morgan fingerprint density at radius 1 is 1.35 bits per heavy atom. The summed E-state index contributed by atoms with van der Waals surface area (Å²) in [5.41, 5.74) is 0. The molecule has 2 atom stereocenters. The largest absolute Gasteiger partial charge is 0.496 e. The van der Waals surface area contributed by atoms with Crippen molar-refractivity contribution < 1.29 is 13.2 Å². The minimum absolute atomic E-state index is 0. The van der Waals surface area contributed by atoms with Crippen LogP contribution in [0.25, 0.3) is 0 Å². The van der Waals surface area contributed by atoms with Crippen molar-refractivity contribution in [3.63, 3.8) is 0 Å². The second-order valence-corrected chi connectivity index (χ2v) is 7.50. The Bertz CT molecular complexity index is 601. The molecule has 1 heterocycles. The number of hydrogen-bond acceptors (Lipinski definition) is 4.